The van der Waals surface area contributed by atoms with Gasteiger partial charge < -0.3 is 15.2 Å². The number of phenolic OH excluding ortho intramolecular Hbond substituents is 1. The summed E-state index contributed by atoms with van der Waals surface area (Å²) in [7, 11) is 0. The van der Waals surface area contributed by atoms with Gasteiger partial charge in [0.2, 0.25) is 5.91 Å². The Hall–Kier alpha value is -3.35. The van der Waals surface area contributed by atoms with Gasteiger partial charge in [-0.1, -0.05) is 24.3 Å². The zero-order chi connectivity index (χ0) is 19.6. The molecule has 1 aliphatic heterocycles. The van der Waals surface area contributed by atoms with E-state index in [1.165, 1.54) is 17.0 Å². The summed E-state index contributed by atoms with van der Waals surface area (Å²) in [6.45, 7) is 2.80. The molecule has 1 aliphatic rings. The van der Waals surface area contributed by atoms with Crippen molar-refractivity contribution in [2.24, 2.45) is 0 Å². The molecule has 7 nitrogen and oxygen atoms in total. The number of hydrogen-bond donors (Lipinski definition) is 2. The average Bonchev–Trinajstić information content (AvgIpc) is 2.62. The third kappa shape index (κ3) is 3.76. The molecule has 0 atom stereocenters. The van der Waals surface area contributed by atoms with Crippen LogP contribution in [0.15, 0.2) is 48.5 Å². The van der Waals surface area contributed by atoms with Crippen LogP contribution in [-0.2, 0) is 25.5 Å². The number of esters is 1. The molecule has 2 amide bonds. The van der Waals surface area contributed by atoms with Gasteiger partial charge in [-0.25, -0.2) is 0 Å². The molecule has 0 saturated carbocycles. The number of anilines is 2. The molecular formula is C20H20N2O5. The van der Waals surface area contributed by atoms with E-state index in [4.69, 9.17) is 4.74 Å². The lowest BCUT2D eigenvalue weighted by Gasteiger charge is -2.41. The van der Waals surface area contributed by atoms with Gasteiger partial charge in [0.1, 0.15) is 11.3 Å². The Morgan fingerprint density at radius 1 is 1.11 bits per heavy atom. The van der Waals surface area contributed by atoms with Gasteiger partial charge in [0.05, 0.1) is 17.8 Å². The van der Waals surface area contributed by atoms with E-state index in [9.17, 15) is 19.5 Å². The minimum absolute atomic E-state index is 0.0198. The van der Waals surface area contributed by atoms with Crippen LogP contribution in [0.4, 0.5) is 11.4 Å². The lowest BCUT2D eigenvalue weighted by molar-refractivity contribution is -0.147. The lowest BCUT2D eigenvalue weighted by atomic mass is 9.96. The highest BCUT2D eigenvalue weighted by Crippen LogP contribution is 2.36. The highest BCUT2D eigenvalue weighted by atomic mass is 16.5. The molecule has 1 heterocycles. The summed E-state index contributed by atoms with van der Waals surface area (Å²) in [5.41, 5.74) is 0.634. The van der Waals surface area contributed by atoms with Gasteiger partial charge in [-0.15, -0.1) is 0 Å². The van der Waals surface area contributed by atoms with Gasteiger partial charge >= 0.3 is 5.97 Å². The summed E-state index contributed by atoms with van der Waals surface area (Å²) in [5.74, 6) is -1.26. The molecular weight excluding hydrogens is 348 g/mol. The number of para-hydroxylation sites is 2. The molecule has 0 unspecified atom stereocenters. The van der Waals surface area contributed by atoms with Crippen molar-refractivity contribution in [3.8, 4) is 5.75 Å². The molecule has 0 saturated heterocycles. The van der Waals surface area contributed by atoms with Crippen LogP contribution in [-0.4, -0.2) is 35.0 Å². The fourth-order valence-electron chi connectivity index (χ4n) is 2.94. The number of nitrogens with zero attached hydrogens (tertiary/aromatic N) is 1. The Morgan fingerprint density at radius 2 is 1.78 bits per heavy atom. The van der Waals surface area contributed by atoms with Crippen molar-refractivity contribution < 1.29 is 24.2 Å². The summed E-state index contributed by atoms with van der Waals surface area (Å²) in [6.07, 6.45) is -0.0198. The second kappa shape index (κ2) is 7.11. The van der Waals surface area contributed by atoms with Crippen LogP contribution in [0.5, 0.6) is 5.75 Å². The minimum Gasteiger partial charge on any atom is -0.508 e. The van der Waals surface area contributed by atoms with Crippen molar-refractivity contribution >= 4 is 29.2 Å². The van der Waals surface area contributed by atoms with Gasteiger partial charge in [-0.05, 0) is 43.7 Å². The van der Waals surface area contributed by atoms with Crippen molar-refractivity contribution in [1.29, 1.82) is 0 Å². The Bertz CT molecular complexity index is 890. The van der Waals surface area contributed by atoms with E-state index < -0.39 is 24.0 Å². The van der Waals surface area contributed by atoms with Gasteiger partial charge in [0.25, 0.3) is 5.91 Å². The van der Waals surface area contributed by atoms with Gasteiger partial charge in [0, 0.05) is 0 Å². The first-order valence-corrected chi connectivity index (χ1v) is 8.46. The molecule has 0 aliphatic carbocycles. The van der Waals surface area contributed by atoms with E-state index in [1.807, 2.05) is 0 Å². The quantitative estimate of drug-likeness (QED) is 0.807. The van der Waals surface area contributed by atoms with E-state index >= 15 is 0 Å². The van der Waals surface area contributed by atoms with Crippen molar-refractivity contribution in [1.82, 2.24) is 0 Å². The molecule has 0 radical (unpaired) electrons. The molecule has 0 aromatic heterocycles. The Labute approximate surface area is 156 Å². The number of phenols is 1. The zero-order valence-electron chi connectivity index (χ0n) is 15.1. The number of amides is 2. The number of carbonyl (C=O) groups is 3. The van der Waals surface area contributed by atoms with Gasteiger partial charge in [-0.3, -0.25) is 19.3 Å². The highest BCUT2D eigenvalue weighted by molar-refractivity contribution is 6.14. The summed E-state index contributed by atoms with van der Waals surface area (Å²) < 4.78 is 5.11. The maximum Gasteiger partial charge on any atom is 0.310 e. The summed E-state index contributed by atoms with van der Waals surface area (Å²) in [6, 6.07) is 13.1. The van der Waals surface area contributed by atoms with Gasteiger partial charge in [-0.2, -0.15) is 0 Å². The van der Waals surface area contributed by atoms with Crippen molar-refractivity contribution in [3.63, 3.8) is 0 Å². The lowest BCUT2D eigenvalue weighted by Crippen LogP contribution is -2.59. The van der Waals surface area contributed by atoms with Crippen LogP contribution in [0.2, 0.25) is 0 Å². The molecule has 0 fully saturated rings. The number of aromatic hydroxyl groups is 1. The Kier molecular flexibility index (Phi) is 4.85. The second-order valence-electron chi connectivity index (χ2n) is 6.76. The number of ether oxygens (including phenoxy) is 1. The van der Waals surface area contributed by atoms with Crippen molar-refractivity contribution in [2.75, 3.05) is 16.8 Å². The normalized spacial score (nSPS) is 14.9. The molecule has 0 spiro atoms. The molecule has 2 aromatic carbocycles. The van der Waals surface area contributed by atoms with Crippen LogP contribution in [0, 0.1) is 0 Å². The van der Waals surface area contributed by atoms with Crippen molar-refractivity contribution in [3.05, 3.63) is 54.1 Å². The maximum atomic E-state index is 12.8. The zero-order valence-corrected chi connectivity index (χ0v) is 15.1. The smallest absolute Gasteiger partial charge is 0.310 e. The van der Waals surface area contributed by atoms with Gasteiger partial charge in [0.15, 0.2) is 6.61 Å². The van der Waals surface area contributed by atoms with Crippen LogP contribution in [0.25, 0.3) is 0 Å². The van der Waals surface area contributed by atoms with Crippen LogP contribution < -0.4 is 10.2 Å². The number of hydrogen-bond acceptors (Lipinski definition) is 5. The molecule has 7 heteroatoms. The summed E-state index contributed by atoms with van der Waals surface area (Å²) in [5, 5.41) is 12.0. The Morgan fingerprint density at radius 3 is 2.48 bits per heavy atom. The third-order valence-corrected chi connectivity index (χ3v) is 4.40. The monoisotopic (exact) mass is 368 g/mol. The SMILES string of the molecule is CC1(C)C(=O)Nc2ccccc2N1C(=O)COC(=O)Cc1ccc(O)cc1. The van der Waals surface area contributed by atoms with E-state index in [0.29, 0.717) is 16.9 Å². The third-order valence-electron chi connectivity index (χ3n) is 4.40. The Balaban J connectivity index is 1.70. The van der Waals surface area contributed by atoms with Crippen molar-refractivity contribution in [2.45, 2.75) is 25.8 Å². The molecule has 140 valence electrons. The van der Waals surface area contributed by atoms with Crippen LogP contribution in [0.3, 0.4) is 0 Å². The van der Waals surface area contributed by atoms with E-state index in [-0.39, 0.29) is 18.1 Å². The molecule has 0 bridgehead atoms. The predicted molar refractivity (Wildman–Crippen MR) is 99.4 cm³/mol. The second-order valence-corrected chi connectivity index (χ2v) is 6.76. The predicted octanol–water partition coefficient (Wildman–Crippen LogP) is 2.24. The maximum absolute atomic E-state index is 12.8. The molecule has 2 N–H and O–H groups in total. The van der Waals surface area contributed by atoms with E-state index in [0.717, 1.165) is 0 Å². The summed E-state index contributed by atoms with van der Waals surface area (Å²) >= 11 is 0. The fraction of sp³-hybridized carbons (Fsp3) is 0.250. The summed E-state index contributed by atoms with van der Waals surface area (Å²) in [4.78, 5) is 38.5. The van der Waals surface area contributed by atoms with E-state index in [1.54, 1.807) is 50.2 Å². The van der Waals surface area contributed by atoms with Crippen LogP contribution in [0.1, 0.15) is 19.4 Å². The number of carbonyl (C=O) groups excluding carboxylic acids is 3. The fourth-order valence-corrected chi connectivity index (χ4v) is 2.94. The average molecular weight is 368 g/mol. The first kappa shape index (κ1) is 18.4. The number of fused-ring (bicyclic) bond motifs is 1. The topological polar surface area (TPSA) is 95.9 Å². The molecule has 3 rings (SSSR count). The first-order chi connectivity index (χ1) is 12.8. The molecule has 2 aromatic rings. The number of nitrogens with one attached hydrogen (secondary N) is 1. The standard InChI is InChI=1S/C20H20N2O5/c1-20(2)19(26)21-15-5-3-4-6-16(15)22(20)17(24)12-27-18(25)11-13-7-9-14(23)10-8-13/h3-10,23H,11-12H2,1-2H3,(H,21,26). The molecule has 27 heavy (non-hydrogen) atoms. The number of benzene rings is 2. The largest absolute Gasteiger partial charge is 0.508 e. The number of rotatable bonds is 4. The van der Waals surface area contributed by atoms with E-state index in [2.05, 4.69) is 5.32 Å². The highest BCUT2D eigenvalue weighted by Gasteiger charge is 2.43. The first-order valence-electron chi connectivity index (χ1n) is 8.46. The minimum atomic E-state index is -1.12. The van der Waals surface area contributed by atoms with Crippen LogP contribution >= 0.6 is 0 Å².